The number of carbonyl (C=O) groups is 1. The molecule has 0 radical (unpaired) electrons. The van der Waals surface area contributed by atoms with E-state index >= 15 is 0 Å². The molecule has 0 atom stereocenters. The molecule has 0 fully saturated rings. The van der Waals surface area contributed by atoms with Crippen LogP contribution in [0.15, 0.2) is 59.9 Å². The molecule has 2 heteroatoms. The summed E-state index contributed by atoms with van der Waals surface area (Å²) in [5.74, 6) is 0.372. The van der Waals surface area contributed by atoms with E-state index in [0.717, 1.165) is 11.1 Å². The number of ether oxygens (including phenoxy) is 1. The Morgan fingerprint density at radius 3 is 2.56 bits per heavy atom. The van der Waals surface area contributed by atoms with Gasteiger partial charge in [-0.25, -0.2) is 4.79 Å². The van der Waals surface area contributed by atoms with Crippen molar-refractivity contribution in [2.45, 2.75) is 20.3 Å². The third-order valence-electron chi connectivity index (χ3n) is 2.74. The number of allylic oxidation sites excluding steroid dienone is 5. The minimum atomic E-state index is -0.303. The number of aryl methyl sites for hydroxylation is 1. The lowest BCUT2D eigenvalue weighted by Crippen LogP contribution is -2.04. The molecule has 92 valence electrons. The van der Waals surface area contributed by atoms with E-state index in [4.69, 9.17) is 4.74 Å². The molecule has 0 N–H and O–H groups in total. The second-order valence-electron chi connectivity index (χ2n) is 4.41. The molecule has 0 bridgehead atoms. The second kappa shape index (κ2) is 5.50. The highest BCUT2D eigenvalue weighted by molar-refractivity contribution is 5.90. The first-order valence-electron chi connectivity index (χ1n) is 5.98. The molecule has 0 amide bonds. The molecule has 0 unspecified atom stereocenters. The van der Waals surface area contributed by atoms with Gasteiger partial charge in [0, 0.05) is 6.42 Å². The molecule has 1 aromatic carbocycles. The summed E-state index contributed by atoms with van der Waals surface area (Å²) < 4.78 is 5.37. The van der Waals surface area contributed by atoms with Crippen LogP contribution >= 0.6 is 0 Å². The van der Waals surface area contributed by atoms with Crippen molar-refractivity contribution in [3.63, 3.8) is 0 Å². The van der Waals surface area contributed by atoms with Crippen LogP contribution in [0.4, 0.5) is 0 Å². The van der Waals surface area contributed by atoms with Gasteiger partial charge < -0.3 is 4.74 Å². The molecule has 0 heterocycles. The first-order chi connectivity index (χ1) is 8.65. The van der Waals surface area contributed by atoms with E-state index in [1.54, 1.807) is 12.1 Å². The summed E-state index contributed by atoms with van der Waals surface area (Å²) in [7, 11) is 0. The van der Waals surface area contributed by atoms with E-state index in [9.17, 15) is 4.79 Å². The first kappa shape index (κ1) is 12.4. The Labute approximate surface area is 107 Å². The van der Waals surface area contributed by atoms with Gasteiger partial charge in [-0.3, -0.25) is 0 Å². The van der Waals surface area contributed by atoms with Gasteiger partial charge in [0.25, 0.3) is 0 Å². The van der Waals surface area contributed by atoms with Crippen LogP contribution < -0.4 is 0 Å². The van der Waals surface area contributed by atoms with E-state index in [-0.39, 0.29) is 5.97 Å². The molecule has 2 rings (SSSR count). The maximum atomic E-state index is 11.9. The minimum Gasteiger partial charge on any atom is -0.427 e. The third-order valence-corrected chi connectivity index (χ3v) is 2.74. The van der Waals surface area contributed by atoms with Crippen molar-refractivity contribution >= 4 is 5.97 Å². The number of hydrogen-bond donors (Lipinski definition) is 0. The topological polar surface area (TPSA) is 26.3 Å². The van der Waals surface area contributed by atoms with Crippen LogP contribution in [0.5, 0.6) is 0 Å². The van der Waals surface area contributed by atoms with E-state index in [1.165, 1.54) is 0 Å². The minimum absolute atomic E-state index is 0.303. The van der Waals surface area contributed by atoms with Crippen molar-refractivity contribution < 1.29 is 9.53 Å². The number of esters is 1. The van der Waals surface area contributed by atoms with Gasteiger partial charge >= 0.3 is 5.97 Å². The molecule has 2 nitrogen and oxygen atoms in total. The Kier molecular flexibility index (Phi) is 3.78. The SMILES string of the molecule is CC1=CC=C(OC(=O)c2ccc(C)cc2)CC=C1. The zero-order chi connectivity index (χ0) is 13.0. The summed E-state index contributed by atoms with van der Waals surface area (Å²) in [5, 5.41) is 0. The lowest BCUT2D eigenvalue weighted by Gasteiger charge is -2.06. The quantitative estimate of drug-likeness (QED) is 0.732. The molecular formula is C16H16O2. The molecule has 0 aromatic heterocycles. The summed E-state index contributed by atoms with van der Waals surface area (Å²) in [6.07, 6.45) is 8.45. The van der Waals surface area contributed by atoms with Gasteiger partial charge in [-0.05, 0) is 32.1 Å². The Morgan fingerprint density at radius 2 is 1.83 bits per heavy atom. The Bertz CT molecular complexity index is 531. The zero-order valence-electron chi connectivity index (χ0n) is 10.6. The van der Waals surface area contributed by atoms with Crippen LogP contribution in [0.25, 0.3) is 0 Å². The third kappa shape index (κ3) is 3.20. The van der Waals surface area contributed by atoms with Crippen LogP contribution in [0.1, 0.15) is 29.3 Å². The van der Waals surface area contributed by atoms with Crippen LogP contribution in [0.2, 0.25) is 0 Å². The Morgan fingerprint density at radius 1 is 1.11 bits per heavy atom. The molecule has 18 heavy (non-hydrogen) atoms. The van der Waals surface area contributed by atoms with Crippen molar-refractivity contribution in [2.24, 2.45) is 0 Å². The molecule has 0 saturated heterocycles. The molecule has 0 spiro atoms. The summed E-state index contributed by atoms with van der Waals surface area (Å²) in [4.78, 5) is 11.9. The molecule has 1 aromatic rings. The Balaban J connectivity index is 2.08. The van der Waals surface area contributed by atoms with E-state index in [0.29, 0.717) is 17.7 Å². The standard InChI is InChI=1S/C16H16O2/c1-12-4-3-5-15(11-8-12)18-16(17)14-9-6-13(2)7-10-14/h3-4,6-11H,5H2,1-2H3. The van der Waals surface area contributed by atoms with E-state index < -0.39 is 0 Å². The average Bonchev–Trinajstić information content (AvgIpc) is 2.55. The predicted octanol–water partition coefficient (Wildman–Crippen LogP) is 3.94. The number of hydrogen-bond acceptors (Lipinski definition) is 2. The maximum Gasteiger partial charge on any atom is 0.343 e. The highest BCUT2D eigenvalue weighted by Crippen LogP contribution is 2.15. The fourth-order valence-electron chi connectivity index (χ4n) is 1.65. The lowest BCUT2D eigenvalue weighted by molar-refractivity contribution is 0.0619. The van der Waals surface area contributed by atoms with Crippen molar-refractivity contribution in [2.75, 3.05) is 0 Å². The van der Waals surface area contributed by atoms with Gasteiger partial charge in [0.1, 0.15) is 5.76 Å². The van der Waals surface area contributed by atoms with Gasteiger partial charge in [-0.2, -0.15) is 0 Å². The largest absolute Gasteiger partial charge is 0.427 e. The molecular weight excluding hydrogens is 224 g/mol. The molecule has 0 aliphatic heterocycles. The first-order valence-corrected chi connectivity index (χ1v) is 5.98. The summed E-state index contributed by atoms with van der Waals surface area (Å²) >= 11 is 0. The average molecular weight is 240 g/mol. The highest BCUT2D eigenvalue weighted by atomic mass is 16.5. The van der Waals surface area contributed by atoms with Crippen molar-refractivity contribution in [3.05, 3.63) is 71.0 Å². The van der Waals surface area contributed by atoms with Gasteiger partial charge in [0.05, 0.1) is 5.56 Å². The molecule has 1 aliphatic rings. The van der Waals surface area contributed by atoms with Gasteiger partial charge in [-0.15, -0.1) is 0 Å². The fourth-order valence-corrected chi connectivity index (χ4v) is 1.65. The lowest BCUT2D eigenvalue weighted by atomic mass is 10.1. The zero-order valence-corrected chi connectivity index (χ0v) is 10.6. The summed E-state index contributed by atoms with van der Waals surface area (Å²) in [6, 6.07) is 7.38. The smallest absolute Gasteiger partial charge is 0.343 e. The van der Waals surface area contributed by atoms with E-state index in [2.05, 4.69) is 0 Å². The van der Waals surface area contributed by atoms with Crippen molar-refractivity contribution in [1.82, 2.24) is 0 Å². The monoisotopic (exact) mass is 240 g/mol. The number of benzene rings is 1. The van der Waals surface area contributed by atoms with Gasteiger partial charge in [-0.1, -0.05) is 41.5 Å². The summed E-state index contributed by atoms with van der Waals surface area (Å²) in [5.41, 5.74) is 2.86. The number of carbonyl (C=O) groups excluding carboxylic acids is 1. The van der Waals surface area contributed by atoms with Crippen molar-refractivity contribution in [1.29, 1.82) is 0 Å². The Hall–Kier alpha value is -2.09. The van der Waals surface area contributed by atoms with Crippen LogP contribution in [0, 0.1) is 6.92 Å². The van der Waals surface area contributed by atoms with E-state index in [1.807, 2.05) is 50.3 Å². The highest BCUT2D eigenvalue weighted by Gasteiger charge is 2.09. The van der Waals surface area contributed by atoms with Crippen LogP contribution in [-0.4, -0.2) is 5.97 Å². The summed E-state index contributed by atoms with van der Waals surface area (Å²) in [6.45, 7) is 4.00. The maximum absolute atomic E-state index is 11.9. The number of rotatable bonds is 2. The second-order valence-corrected chi connectivity index (χ2v) is 4.41. The van der Waals surface area contributed by atoms with Crippen LogP contribution in [-0.2, 0) is 4.74 Å². The fraction of sp³-hybridized carbons (Fsp3) is 0.188. The normalized spacial score (nSPS) is 14.6. The van der Waals surface area contributed by atoms with Gasteiger partial charge in [0.2, 0.25) is 0 Å². The molecule has 1 aliphatic carbocycles. The van der Waals surface area contributed by atoms with Gasteiger partial charge in [0.15, 0.2) is 0 Å². The van der Waals surface area contributed by atoms with Crippen molar-refractivity contribution in [3.8, 4) is 0 Å². The predicted molar refractivity (Wildman–Crippen MR) is 72.2 cm³/mol. The molecule has 0 saturated carbocycles. The van der Waals surface area contributed by atoms with Crippen LogP contribution in [0.3, 0.4) is 0 Å².